The number of carbonyl (C=O) groups excluding carboxylic acids is 1. The number of hydrogen-bond donors (Lipinski definition) is 2. The number of carboxylic acid groups (broad SMARTS) is 1. The predicted octanol–water partition coefficient (Wildman–Crippen LogP) is 8.52. The van der Waals surface area contributed by atoms with E-state index in [9.17, 15) is 14.7 Å². The van der Waals surface area contributed by atoms with E-state index in [0.29, 0.717) is 28.7 Å². The van der Waals surface area contributed by atoms with Crippen molar-refractivity contribution in [1.29, 1.82) is 0 Å². The predicted molar refractivity (Wildman–Crippen MR) is 178 cm³/mol. The molecule has 6 nitrogen and oxygen atoms in total. The van der Waals surface area contributed by atoms with Gasteiger partial charge in [-0.1, -0.05) is 107 Å². The summed E-state index contributed by atoms with van der Waals surface area (Å²) in [5.41, 5.74) is 4.21. The fraction of sp³-hybridized carbons (Fsp3) is 0.158. The van der Waals surface area contributed by atoms with Crippen molar-refractivity contribution in [2.24, 2.45) is 5.92 Å². The highest BCUT2D eigenvalue weighted by Gasteiger charge is 2.39. The summed E-state index contributed by atoms with van der Waals surface area (Å²) in [5, 5.41) is 12.7. The maximum atomic E-state index is 13.4. The van der Waals surface area contributed by atoms with Crippen LogP contribution in [-0.2, 0) is 11.2 Å². The van der Waals surface area contributed by atoms with Crippen LogP contribution in [0.5, 0.6) is 17.2 Å². The van der Waals surface area contributed by atoms with Crippen molar-refractivity contribution >= 4 is 27.8 Å². The third-order valence-corrected chi connectivity index (χ3v) is 8.45. The van der Waals surface area contributed by atoms with Gasteiger partial charge in [0.15, 0.2) is 0 Å². The molecular formula is C38H32BrNO5. The zero-order chi connectivity index (χ0) is 31.2. The molecule has 2 unspecified atom stereocenters. The standard InChI is InChI=1S/C38H32BrNO5/c39-29-19-20-35(44-24-28-22-32(28)26-9-3-1-4-10-26)33(23-29)37(41)40-34(38(42)43)21-25-15-17-27(18-16-25)31-13-7-8-14-36(31)45-30-11-5-2-6-12-30/h1-20,23,28,32,34H,21-22,24H2,(H,40,41)(H,42,43)/t28?,32?,34-/m0/s1. The lowest BCUT2D eigenvalue weighted by Crippen LogP contribution is -2.42. The van der Waals surface area contributed by atoms with E-state index in [-0.39, 0.29) is 12.0 Å². The fourth-order valence-electron chi connectivity index (χ4n) is 5.44. The number of nitrogens with one attached hydrogen (secondary N) is 1. The zero-order valence-electron chi connectivity index (χ0n) is 24.4. The number of rotatable bonds is 12. The molecule has 45 heavy (non-hydrogen) atoms. The van der Waals surface area contributed by atoms with Crippen LogP contribution in [0.4, 0.5) is 0 Å². The largest absolute Gasteiger partial charge is 0.492 e. The van der Waals surface area contributed by atoms with Crippen LogP contribution < -0.4 is 14.8 Å². The highest BCUT2D eigenvalue weighted by molar-refractivity contribution is 9.10. The van der Waals surface area contributed by atoms with Crippen molar-refractivity contribution in [3.05, 3.63) is 149 Å². The Kier molecular flexibility index (Phi) is 9.27. The maximum absolute atomic E-state index is 13.4. The Morgan fingerprint density at radius 1 is 0.822 bits per heavy atom. The lowest BCUT2D eigenvalue weighted by atomic mass is 9.99. The van der Waals surface area contributed by atoms with Crippen LogP contribution in [0.3, 0.4) is 0 Å². The molecule has 1 aliphatic rings. The maximum Gasteiger partial charge on any atom is 0.326 e. The number of amides is 1. The van der Waals surface area contributed by atoms with Crippen molar-refractivity contribution in [1.82, 2.24) is 5.32 Å². The first kappa shape index (κ1) is 30.2. The number of carbonyl (C=O) groups is 2. The van der Waals surface area contributed by atoms with Crippen molar-refractivity contribution in [2.75, 3.05) is 6.61 Å². The van der Waals surface area contributed by atoms with Crippen LogP contribution in [-0.4, -0.2) is 29.6 Å². The van der Waals surface area contributed by atoms with E-state index in [2.05, 4.69) is 33.4 Å². The summed E-state index contributed by atoms with van der Waals surface area (Å²) in [4.78, 5) is 25.7. The van der Waals surface area contributed by atoms with Crippen molar-refractivity contribution in [2.45, 2.75) is 24.8 Å². The summed E-state index contributed by atoms with van der Waals surface area (Å²) in [6.45, 7) is 0.482. The molecule has 2 N–H and O–H groups in total. The van der Waals surface area contributed by atoms with Gasteiger partial charge in [0.2, 0.25) is 0 Å². The second-order valence-corrected chi connectivity index (χ2v) is 12.1. The van der Waals surface area contributed by atoms with Gasteiger partial charge < -0.3 is 19.9 Å². The van der Waals surface area contributed by atoms with Gasteiger partial charge >= 0.3 is 5.97 Å². The van der Waals surface area contributed by atoms with Crippen LogP contribution in [0.2, 0.25) is 0 Å². The average Bonchev–Trinajstić information content (AvgIpc) is 3.85. The van der Waals surface area contributed by atoms with Crippen LogP contribution in [0.1, 0.15) is 33.8 Å². The second kappa shape index (κ2) is 13.8. The summed E-state index contributed by atoms with van der Waals surface area (Å²) in [5.74, 6) is 1.10. The fourth-order valence-corrected chi connectivity index (χ4v) is 5.81. The zero-order valence-corrected chi connectivity index (χ0v) is 26.0. The number of benzene rings is 5. The lowest BCUT2D eigenvalue weighted by molar-refractivity contribution is -0.139. The topological polar surface area (TPSA) is 84.9 Å². The molecule has 0 spiro atoms. The van der Waals surface area contributed by atoms with Gasteiger partial charge in [-0.05, 0) is 65.4 Å². The van der Waals surface area contributed by atoms with E-state index in [1.54, 1.807) is 12.1 Å². The molecule has 1 fully saturated rings. The third-order valence-electron chi connectivity index (χ3n) is 7.96. The Bertz CT molecular complexity index is 1780. The van der Waals surface area contributed by atoms with Gasteiger partial charge in [-0.2, -0.15) is 0 Å². The number of carboxylic acids is 1. The number of hydrogen-bond acceptors (Lipinski definition) is 4. The lowest BCUT2D eigenvalue weighted by Gasteiger charge is -2.17. The summed E-state index contributed by atoms with van der Waals surface area (Å²) >= 11 is 3.43. The number of ether oxygens (including phenoxy) is 2. The molecule has 0 aliphatic heterocycles. The van der Waals surface area contributed by atoms with Gasteiger partial charge in [-0.15, -0.1) is 0 Å². The van der Waals surface area contributed by atoms with Gasteiger partial charge in [0.25, 0.3) is 5.91 Å². The van der Waals surface area contributed by atoms with Crippen molar-refractivity contribution in [3.63, 3.8) is 0 Å². The molecule has 226 valence electrons. The molecule has 1 amide bonds. The third kappa shape index (κ3) is 7.62. The monoisotopic (exact) mass is 661 g/mol. The Labute approximate surface area is 270 Å². The van der Waals surface area contributed by atoms with Crippen molar-refractivity contribution in [3.8, 4) is 28.4 Å². The quantitative estimate of drug-likeness (QED) is 0.140. The molecular weight excluding hydrogens is 630 g/mol. The Morgan fingerprint density at radius 2 is 1.51 bits per heavy atom. The minimum absolute atomic E-state index is 0.120. The van der Waals surface area contributed by atoms with Crippen LogP contribution in [0.15, 0.2) is 132 Å². The molecule has 0 bridgehead atoms. The van der Waals surface area contributed by atoms with Gasteiger partial charge in [-0.3, -0.25) is 4.79 Å². The normalized spacial score (nSPS) is 15.9. The minimum Gasteiger partial charge on any atom is -0.492 e. The number of aliphatic carboxylic acids is 1. The molecule has 0 heterocycles. The van der Waals surface area contributed by atoms with Gasteiger partial charge in [-0.25, -0.2) is 4.79 Å². The van der Waals surface area contributed by atoms with Gasteiger partial charge in [0.05, 0.1) is 12.2 Å². The Morgan fingerprint density at radius 3 is 2.24 bits per heavy atom. The minimum atomic E-state index is -1.13. The van der Waals surface area contributed by atoms with E-state index in [1.165, 1.54) is 5.56 Å². The SMILES string of the molecule is O=C(N[C@@H](Cc1ccc(-c2ccccc2Oc2ccccc2)cc1)C(=O)O)c1cc(Br)ccc1OCC1CC1c1ccccc1. The van der Waals surface area contributed by atoms with E-state index in [1.807, 2.05) is 103 Å². The van der Waals surface area contributed by atoms with E-state index in [0.717, 1.165) is 34.6 Å². The number of para-hydroxylation sites is 2. The van der Waals surface area contributed by atoms with Crippen molar-refractivity contribution < 1.29 is 24.2 Å². The first-order chi connectivity index (χ1) is 21.9. The molecule has 0 aromatic heterocycles. The molecule has 5 aromatic carbocycles. The van der Waals surface area contributed by atoms with E-state index in [4.69, 9.17) is 9.47 Å². The summed E-state index contributed by atoms with van der Waals surface area (Å²) in [6.07, 6.45) is 1.15. The summed E-state index contributed by atoms with van der Waals surface area (Å²) in [7, 11) is 0. The summed E-state index contributed by atoms with van der Waals surface area (Å²) in [6, 6.07) is 39.4. The van der Waals surface area contributed by atoms with Gasteiger partial charge in [0, 0.05) is 22.4 Å². The van der Waals surface area contributed by atoms with E-state index >= 15 is 0 Å². The first-order valence-electron chi connectivity index (χ1n) is 14.9. The second-order valence-electron chi connectivity index (χ2n) is 11.1. The molecule has 3 atom stereocenters. The average molecular weight is 663 g/mol. The molecule has 5 aromatic rings. The van der Waals surface area contributed by atoms with Crippen LogP contribution in [0.25, 0.3) is 11.1 Å². The molecule has 1 aliphatic carbocycles. The highest BCUT2D eigenvalue weighted by Crippen LogP contribution is 2.47. The number of halogens is 1. The molecule has 6 rings (SSSR count). The molecule has 1 saturated carbocycles. The molecule has 0 saturated heterocycles. The Balaban J connectivity index is 1.11. The highest BCUT2D eigenvalue weighted by atomic mass is 79.9. The van der Waals surface area contributed by atoms with Crippen LogP contribution in [0, 0.1) is 5.92 Å². The summed E-state index contributed by atoms with van der Waals surface area (Å²) < 4.78 is 12.9. The van der Waals surface area contributed by atoms with Gasteiger partial charge in [0.1, 0.15) is 23.3 Å². The molecule has 7 heteroatoms. The van der Waals surface area contributed by atoms with E-state index < -0.39 is 17.9 Å². The Hall–Kier alpha value is -4.88. The van der Waals surface area contributed by atoms with Crippen LogP contribution >= 0.6 is 15.9 Å². The smallest absolute Gasteiger partial charge is 0.326 e. The first-order valence-corrected chi connectivity index (χ1v) is 15.7. The molecule has 0 radical (unpaired) electrons.